The third-order valence-corrected chi connectivity index (χ3v) is 1.50. The lowest BCUT2D eigenvalue weighted by atomic mass is 10.3. The van der Waals surface area contributed by atoms with Gasteiger partial charge in [0.25, 0.3) is 0 Å². The van der Waals surface area contributed by atoms with Gasteiger partial charge >= 0.3 is 0 Å². The fraction of sp³-hybridized carbons (Fsp3) is 0. The Hall–Kier alpha value is -0.280. The van der Waals surface area contributed by atoms with Crippen LogP contribution in [0.1, 0.15) is 0 Å². The molecule has 0 unspecified atom stereocenters. The molecule has 0 aromatic heterocycles. The first kappa shape index (κ1) is 7.82. The minimum Gasteiger partial charge on any atom is -0.204 e. The van der Waals surface area contributed by atoms with E-state index >= 15 is 0 Å². The van der Waals surface area contributed by atoms with Crippen LogP contribution in [-0.4, -0.2) is 0 Å². The molecular formula is C6H3ClF2S. The van der Waals surface area contributed by atoms with Crippen LogP contribution < -0.4 is 0 Å². The van der Waals surface area contributed by atoms with E-state index in [4.69, 9.17) is 11.6 Å². The van der Waals surface area contributed by atoms with E-state index in [0.29, 0.717) is 4.90 Å². The Kier molecular flexibility index (Phi) is 2.16. The van der Waals surface area contributed by atoms with Crippen molar-refractivity contribution in [2.24, 2.45) is 0 Å². The first-order valence-corrected chi connectivity index (χ1v) is 3.27. The second kappa shape index (κ2) is 2.76. The van der Waals surface area contributed by atoms with Gasteiger partial charge in [0, 0.05) is 4.90 Å². The number of thiol groups is 1. The average molecular weight is 181 g/mol. The van der Waals surface area contributed by atoms with Crippen molar-refractivity contribution in [2.75, 3.05) is 0 Å². The zero-order chi connectivity index (χ0) is 7.72. The van der Waals surface area contributed by atoms with E-state index < -0.39 is 11.6 Å². The molecule has 0 saturated heterocycles. The Bertz CT molecular complexity index is 239. The van der Waals surface area contributed by atoms with Crippen LogP contribution >= 0.6 is 24.2 Å². The predicted octanol–water partition coefficient (Wildman–Crippen LogP) is 2.91. The quantitative estimate of drug-likeness (QED) is 0.461. The molecule has 0 heterocycles. The normalized spacial score (nSPS) is 10.0. The molecule has 1 aromatic rings. The zero-order valence-electron chi connectivity index (χ0n) is 4.74. The van der Waals surface area contributed by atoms with Crippen LogP contribution in [0.3, 0.4) is 0 Å². The molecule has 1 aromatic carbocycles. The Labute approximate surface area is 67.2 Å². The summed E-state index contributed by atoms with van der Waals surface area (Å²) in [6, 6.07) is 2.20. The second-order valence-electron chi connectivity index (χ2n) is 1.72. The number of rotatable bonds is 0. The second-order valence-corrected chi connectivity index (χ2v) is 2.65. The van der Waals surface area contributed by atoms with Crippen LogP contribution in [-0.2, 0) is 0 Å². The van der Waals surface area contributed by atoms with E-state index in [2.05, 4.69) is 12.6 Å². The van der Waals surface area contributed by atoms with Crippen molar-refractivity contribution in [1.82, 2.24) is 0 Å². The number of halogens is 3. The highest BCUT2D eigenvalue weighted by Crippen LogP contribution is 2.21. The summed E-state index contributed by atoms with van der Waals surface area (Å²) >= 11 is 9.04. The monoisotopic (exact) mass is 180 g/mol. The maximum absolute atomic E-state index is 12.4. The van der Waals surface area contributed by atoms with Gasteiger partial charge in [0.15, 0.2) is 11.6 Å². The largest absolute Gasteiger partial charge is 0.204 e. The third-order valence-electron chi connectivity index (χ3n) is 0.969. The Balaban J connectivity index is 3.31. The summed E-state index contributed by atoms with van der Waals surface area (Å²) in [5.41, 5.74) is 0. The maximum atomic E-state index is 12.4. The molecule has 0 aliphatic rings. The molecule has 0 saturated carbocycles. The van der Waals surface area contributed by atoms with Crippen molar-refractivity contribution < 1.29 is 8.78 Å². The fourth-order valence-electron chi connectivity index (χ4n) is 0.542. The molecule has 0 N–H and O–H groups in total. The minimum atomic E-state index is -1.03. The highest BCUT2D eigenvalue weighted by Gasteiger charge is 2.06. The number of benzene rings is 1. The van der Waals surface area contributed by atoms with E-state index in [1.165, 1.54) is 6.07 Å². The minimum absolute atomic E-state index is 0.245. The Morgan fingerprint density at radius 3 is 2.40 bits per heavy atom. The summed E-state index contributed by atoms with van der Waals surface area (Å²) < 4.78 is 24.7. The van der Waals surface area contributed by atoms with Gasteiger partial charge in [0.05, 0.1) is 5.02 Å². The molecule has 0 aliphatic heterocycles. The molecule has 0 nitrogen and oxygen atoms in total. The summed E-state index contributed by atoms with van der Waals surface area (Å²) in [5, 5.41) is -0.245. The van der Waals surface area contributed by atoms with E-state index in [1.807, 2.05) is 0 Å². The molecule has 10 heavy (non-hydrogen) atoms. The molecule has 1 rings (SSSR count). The summed E-state index contributed by atoms with van der Waals surface area (Å²) in [7, 11) is 0. The smallest absolute Gasteiger partial charge is 0.177 e. The van der Waals surface area contributed by atoms with Crippen LogP contribution in [0.4, 0.5) is 8.78 Å². The maximum Gasteiger partial charge on any atom is 0.177 e. The first-order valence-electron chi connectivity index (χ1n) is 2.45. The molecule has 0 radical (unpaired) electrons. The highest BCUT2D eigenvalue weighted by atomic mass is 35.5. The number of hydrogen-bond donors (Lipinski definition) is 1. The number of hydrogen-bond acceptors (Lipinski definition) is 1. The molecule has 0 bridgehead atoms. The van der Waals surface area contributed by atoms with Crippen LogP contribution in [0.5, 0.6) is 0 Å². The molecular weight excluding hydrogens is 178 g/mol. The lowest BCUT2D eigenvalue weighted by Gasteiger charge is -1.95. The highest BCUT2D eigenvalue weighted by molar-refractivity contribution is 7.80. The SMILES string of the molecule is Fc1cc(S)cc(Cl)c1F. The third kappa shape index (κ3) is 1.41. The van der Waals surface area contributed by atoms with E-state index in [1.54, 1.807) is 0 Å². The Morgan fingerprint density at radius 2 is 1.90 bits per heavy atom. The fourth-order valence-corrected chi connectivity index (χ4v) is 1.07. The summed E-state index contributed by atoms with van der Waals surface area (Å²) in [4.78, 5) is 0.309. The lowest BCUT2D eigenvalue weighted by Crippen LogP contribution is -1.84. The predicted molar refractivity (Wildman–Crippen MR) is 38.6 cm³/mol. The van der Waals surface area contributed by atoms with Gasteiger partial charge in [-0.05, 0) is 12.1 Å². The van der Waals surface area contributed by atoms with Crippen molar-refractivity contribution in [2.45, 2.75) is 4.90 Å². The van der Waals surface area contributed by atoms with Gasteiger partial charge in [0.2, 0.25) is 0 Å². The van der Waals surface area contributed by atoms with E-state index in [-0.39, 0.29) is 5.02 Å². The first-order chi connectivity index (χ1) is 4.61. The van der Waals surface area contributed by atoms with Gasteiger partial charge in [0.1, 0.15) is 0 Å². The van der Waals surface area contributed by atoms with Gasteiger partial charge in [-0.15, -0.1) is 12.6 Å². The van der Waals surface area contributed by atoms with Crippen molar-refractivity contribution in [3.8, 4) is 0 Å². The topological polar surface area (TPSA) is 0 Å². The van der Waals surface area contributed by atoms with Gasteiger partial charge in [-0.1, -0.05) is 11.6 Å². The molecule has 54 valence electrons. The molecule has 0 atom stereocenters. The van der Waals surface area contributed by atoms with E-state index in [0.717, 1.165) is 6.07 Å². The average Bonchev–Trinajstić information content (AvgIpc) is 1.82. The van der Waals surface area contributed by atoms with Crippen molar-refractivity contribution >= 4 is 24.2 Å². The van der Waals surface area contributed by atoms with Crippen LogP contribution in [0.15, 0.2) is 17.0 Å². The van der Waals surface area contributed by atoms with Gasteiger partial charge in [-0.2, -0.15) is 0 Å². The van der Waals surface area contributed by atoms with Gasteiger partial charge in [-0.3, -0.25) is 0 Å². The zero-order valence-corrected chi connectivity index (χ0v) is 6.39. The van der Waals surface area contributed by atoms with Gasteiger partial charge in [-0.25, -0.2) is 8.78 Å². The molecule has 0 fully saturated rings. The Morgan fingerprint density at radius 1 is 1.30 bits per heavy atom. The summed E-state index contributed by atoms with van der Waals surface area (Å²) in [5.74, 6) is -2.00. The lowest BCUT2D eigenvalue weighted by molar-refractivity contribution is 0.506. The van der Waals surface area contributed by atoms with Crippen LogP contribution in [0, 0.1) is 11.6 Å². The molecule has 4 heteroatoms. The summed E-state index contributed by atoms with van der Waals surface area (Å²) in [6.07, 6.45) is 0. The van der Waals surface area contributed by atoms with Crippen LogP contribution in [0.25, 0.3) is 0 Å². The molecule has 0 amide bonds. The van der Waals surface area contributed by atoms with Crippen molar-refractivity contribution in [3.05, 3.63) is 28.8 Å². The molecule has 0 spiro atoms. The van der Waals surface area contributed by atoms with Crippen LogP contribution in [0.2, 0.25) is 5.02 Å². The van der Waals surface area contributed by atoms with Crippen molar-refractivity contribution in [1.29, 1.82) is 0 Å². The van der Waals surface area contributed by atoms with Gasteiger partial charge < -0.3 is 0 Å². The standard InChI is InChI=1S/C6H3ClF2S/c7-4-1-3(10)2-5(8)6(4)9/h1-2,10H. The molecule has 0 aliphatic carbocycles. The summed E-state index contributed by atoms with van der Waals surface area (Å²) in [6.45, 7) is 0. The van der Waals surface area contributed by atoms with Crippen molar-refractivity contribution in [3.63, 3.8) is 0 Å². The van der Waals surface area contributed by atoms with E-state index in [9.17, 15) is 8.78 Å².